The van der Waals surface area contributed by atoms with Crippen LogP contribution in [-0.4, -0.2) is 55.1 Å². The number of halogens is 4. The number of rotatable bonds is 11. The Morgan fingerprint density at radius 2 is 1.64 bits per heavy atom. The second-order valence-electron chi connectivity index (χ2n) is 11.2. The molecule has 2 fully saturated rings. The third kappa shape index (κ3) is 8.52. The molecule has 11 heteroatoms. The highest BCUT2D eigenvalue weighted by atomic mass is 35.5. The topological polar surface area (TPSA) is 79.9 Å². The summed E-state index contributed by atoms with van der Waals surface area (Å²) in [5, 5.41) is 8.08. The lowest BCUT2D eigenvalue weighted by Gasteiger charge is -2.36. The minimum atomic E-state index is -0.361. The number of aryl methyl sites for hydroxylation is 2. The lowest BCUT2D eigenvalue weighted by molar-refractivity contribution is -0.138. The maximum atomic E-state index is 13.9. The van der Waals surface area contributed by atoms with Crippen molar-refractivity contribution in [1.29, 1.82) is 0 Å². The Hall–Kier alpha value is -2.68. The number of nitrogens with one attached hydrogen (secondary N) is 2. The predicted octanol–water partition coefficient (Wildman–Crippen LogP) is 7.04. The van der Waals surface area contributed by atoms with E-state index in [4.69, 9.17) is 44.3 Å². The van der Waals surface area contributed by atoms with Crippen LogP contribution in [0.5, 0.6) is 11.5 Å². The van der Waals surface area contributed by atoms with Gasteiger partial charge in [0.2, 0.25) is 5.91 Å². The fourth-order valence-corrected chi connectivity index (χ4v) is 6.26. The molecule has 7 nitrogen and oxygen atoms in total. The van der Waals surface area contributed by atoms with Gasteiger partial charge in [0, 0.05) is 35.8 Å². The number of hydrogen-bond donors (Lipinski definition) is 2. The van der Waals surface area contributed by atoms with Gasteiger partial charge in [-0.15, -0.1) is 12.4 Å². The van der Waals surface area contributed by atoms with E-state index in [2.05, 4.69) is 10.6 Å². The number of hydrogen-bond acceptors (Lipinski definition) is 5. The SMILES string of the molecule is Cc1cc(Cl)c(OCCOc2ccc(C(=O)N[C@H]3CCNCC3C(=O)N(Cc3cccc(C)c3Cl)C3CC3)cc2)c(Cl)c1.Cl. The first-order valence-electron chi connectivity index (χ1n) is 14.6. The van der Waals surface area contributed by atoms with Crippen LogP contribution in [0.15, 0.2) is 54.6 Å². The fraction of sp³-hybridized carbons (Fsp3) is 0.394. The van der Waals surface area contributed by atoms with Crippen molar-refractivity contribution in [2.75, 3.05) is 26.3 Å². The minimum Gasteiger partial charge on any atom is -0.490 e. The third-order valence-electron chi connectivity index (χ3n) is 7.86. The molecule has 236 valence electrons. The van der Waals surface area contributed by atoms with E-state index in [0.717, 1.165) is 36.1 Å². The molecule has 5 rings (SSSR count). The average Bonchev–Trinajstić information content (AvgIpc) is 3.83. The summed E-state index contributed by atoms with van der Waals surface area (Å²) in [5.74, 6) is 0.504. The van der Waals surface area contributed by atoms with Gasteiger partial charge in [0.05, 0.1) is 16.0 Å². The lowest BCUT2D eigenvalue weighted by atomic mass is 9.91. The van der Waals surface area contributed by atoms with Crippen LogP contribution in [0.1, 0.15) is 46.3 Å². The Balaban J connectivity index is 0.00000442. The first-order valence-corrected chi connectivity index (χ1v) is 15.7. The molecule has 2 amide bonds. The minimum absolute atomic E-state index is 0. The van der Waals surface area contributed by atoms with Crippen molar-refractivity contribution in [3.8, 4) is 11.5 Å². The zero-order chi connectivity index (χ0) is 30.5. The average molecular weight is 681 g/mol. The van der Waals surface area contributed by atoms with Gasteiger partial charge in [0.15, 0.2) is 5.75 Å². The van der Waals surface area contributed by atoms with Crippen LogP contribution in [0.4, 0.5) is 0 Å². The Labute approximate surface area is 279 Å². The smallest absolute Gasteiger partial charge is 0.251 e. The molecule has 0 bridgehead atoms. The summed E-state index contributed by atoms with van der Waals surface area (Å²) in [4.78, 5) is 29.1. The second-order valence-corrected chi connectivity index (χ2v) is 12.4. The molecule has 0 spiro atoms. The van der Waals surface area contributed by atoms with E-state index in [9.17, 15) is 9.59 Å². The lowest BCUT2D eigenvalue weighted by Crippen LogP contribution is -2.55. The molecule has 2 aliphatic rings. The molecule has 2 N–H and O–H groups in total. The quantitative estimate of drug-likeness (QED) is 0.213. The molecule has 1 aliphatic carbocycles. The molecule has 44 heavy (non-hydrogen) atoms. The summed E-state index contributed by atoms with van der Waals surface area (Å²) in [6, 6.07) is 16.4. The van der Waals surface area contributed by atoms with E-state index in [-0.39, 0.29) is 55.4 Å². The highest BCUT2D eigenvalue weighted by Crippen LogP contribution is 2.34. The van der Waals surface area contributed by atoms with Crippen molar-refractivity contribution in [2.45, 2.75) is 51.7 Å². The first kappa shape index (κ1) is 34.2. The zero-order valence-electron chi connectivity index (χ0n) is 24.7. The van der Waals surface area contributed by atoms with Crippen LogP contribution in [-0.2, 0) is 11.3 Å². The predicted molar refractivity (Wildman–Crippen MR) is 178 cm³/mol. The number of ether oxygens (including phenoxy) is 2. The Bertz CT molecular complexity index is 1440. The molecular weight excluding hydrogens is 644 g/mol. The summed E-state index contributed by atoms with van der Waals surface area (Å²) in [7, 11) is 0. The van der Waals surface area contributed by atoms with Crippen molar-refractivity contribution < 1.29 is 19.1 Å². The maximum absolute atomic E-state index is 13.9. The summed E-state index contributed by atoms with van der Waals surface area (Å²) in [5.41, 5.74) is 3.39. The van der Waals surface area contributed by atoms with Crippen LogP contribution in [0.25, 0.3) is 0 Å². The number of carbonyl (C=O) groups is 2. The van der Waals surface area contributed by atoms with Gasteiger partial charge in [0.1, 0.15) is 19.0 Å². The zero-order valence-corrected chi connectivity index (χ0v) is 27.8. The molecule has 2 atom stereocenters. The van der Waals surface area contributed by atoms with Gasteiger partial charge in [-0.05, 0) is 92.7 Å². The highest BCUT2D eigenvalue weighted by molar-refractivity contribution is 6.37. The van der Waals surface area contributed by atoms with Crippen molar-refractivity contribution in [1.82, 2.24) is 15.5 Å². The molecule has 0 radical (unpaired) electrons. The van der Waals surface area contributed by atoms with Gasteiger partial charge in [-0.25, -0.2) is 0 Å². The fourth-order valence-electron chi connectivity index (χ4n) is 5.37. The van der Waals surface area contributed by atoms with Crippen LogP contribution < -0.4 is 20.1 Å². The molecule has 1 unspecified atom stereocenters. The number of carbonyl (C=O) groups excluding carboxylic acids is 2. The van der Waals surface area contributed by atoms with E-state index < -0.39 is 0 Å². The monoisotopic (exact) mass is 679 g/mol. The van der Waals surface area contributed by atoms with E-state index in [1.54, 1.807) is 36.4 Å². The van der Waals surface area contributed by atoms with Gasteiger partial charge >= 0.3 is 0 Å². The number of benzene rings is 3. The Morgan fingerprint density at radius 3 is 2.32 bits per heavy atom. The second kappa shape index (κ2) is 15.5. The van der Waals surface area contributed by atoms with Crippen molar-refractivity contribution in [2.24, 2.45) is 5.92 Å². The van der Waals surface area contributed by atoms with E-state index >= 15 is 0 Å². The number of amides is 2. The van der Waals surface area contributed by atoms with E-state index in [0.29, 0.717) is 51.6 Å². The summed E-state index contributed by atoms with van der Waals surface area (Å²) < 4.78 is 11.5. The molecule has 1 heterocycles. The highest BCUT2D eigenvalue weighted by Gasteiger charge is 2.40. The van der Waals surface area contributed by atoms with Gasteiger partial charge in [-0.1, -0.05) is 53.0 Å². The van der Waals surface area contributed by atoms with Crippen molar-refractivity contribution in [3.63, 3.8) is 0 Å². The summed E-state index contributed by atoms with van der Waals surface area (Å²) in [6.07, 6.45) is 2.64. The summed E-state index contributed by atoms with van der Waals surface area (Å²) in [6.45, 7) is 6.13. The van der Waals surface area contributed by atoms with Gasteiger partial charge in [-0.3, -0.25) is 9.59 Å². The standard InChI is InChI=1S/C33H36Cl3N3O4.ClH/c1-20-16-27(34)31(28(35)17-20)43-15-14-42-25-10-6-22(7-11-25)32(40)38-29-12-13-37-18-26(29)33(41)39(24-8-9-24)19-23-5-3-4-21(2)30(23)36;/h3-7,10-11,16-17,24,26,29,37H,8-9,12-15,18-19H2,1-2H3,(H,38,40);1H/t26?,29-;/m0./s1. The first-order chi connectivity index (χ1) is 20.7. The van der Waals surface area contributed by atoms with E-state index in [1.165, 1.54) is 0 Å². The van der Waals surface area contributed by atoms with Gasteiger partial charge in [0.25, 0.3) is 5.91 Å². The van der Waals surface area contributed by atoms with Crippen LogP contribution in [0, 0.1) is 19.8 Å². The normalized spacial score (nSPS) is 17.8. The largest absolute Gasteiger partial charge is 0.490 e. The maximum Gasteiger partial charge on any atom is 0.251 e. The number of nitrogens with zero attached hydrogens (tertiary/aromatic N) is 1. The van der Waals surface area contributed by atoms with Crippen LogP contribution in [0.2, 0.25) is 15.1 Å². The molecule has 0 aromatic heterocycles. The molecule has 1 saturated carbocycles. The molecular formula is C33H37Cl4N3O4. The molecule has 1 aliphatic heterocycles. The number of piperidine rings is 1. The Kier molecular flexibility index (Phi) is 12.1. The summed E-state index contributed by atoms with van der Waals surface area (Å²) >= 11 is 19.0. The molecule has 1 saturated heterocycles. The van der Waals surface area contributed by atoms with Crippen molar-refractivity contribution >= 4 is 59.0 Å². The van der Waals surface area contributed by atoms with Gasteiger partial charge < -0.3 is 25.0 Å². The van der Waals surface area contributed by atoms with Gasteiger partial charge in [-0.2, -0.15) is 0 Å². The van der Waals surface area contributed by atoms with Crippen LogP contribution >= 0.6 is 47.2 Å². The van der Waals surface area contributed by atoms with Crippen LogP contribution in [0.3, 0.4) is 0 Å². The van der Waals surface area contributed by atoms with Crippen molar-refractivity contribution in [3.05, 3.63) is 91.9 Å². The molecule has 3 aromatic carbocycles. The van der Waals surface area contributed by atoms with E-state index in [1.807, 2.05) is 36.9 Å². The molecule has 3 aromatic rings. The Morgan fingerprint density at radius 1 is 0.955 bits per heavy atom. The third-order valence-corrected chi connectivity index (χ3v) is 8.96.